The number of nitrogens with zero attached hydrogens (tertiary/aromatic N) is 2. The van der Waals surface area contributed by atoms with Crippen LogP contribution in [0.2, 0.25) is 0 Å². The van der Waals surface area contributed by atoms with E-state index in [0.717, 1.165) is 6.42 Å². The molecule has 2 aromatic carbocycles. The second-order valence-electron chi connectivity index (χ2n) is 7.66. The van der Waals surface area contributed by atoms with Crippen LogP contribution in [0.5, 0.6) is 11.5 Å². The van der Waals surface area contributed by atoms with Gasteiger partial charge in [-0.15, -0.1) is 0 Å². The normalized spacial score (nSPS) is 14.2. The number of aryl methyl sites for hydroxylation is 1. The number of hydrogen-bond donors (Lipinski definition) is 1. The lowest BCUT2D eigenvalue weighted by Crippen LogP contribution is -2.51. The van der Waals surface area contributed by atoms with Gasteiger partial charge >= 0.3 is 0 Å². The number of benzene rings is 2. The molecule has 1 heterocycles. The van der Waals surface area contributed by atoms with E-state index in [2.05, 4.69) is 29.3 Å². The van der Waals surface area contributed by atoms with Crippen LogP contribution in [0.1, 0.15) is 21.5 Å². The molecule has 1 saturated heterocycles. The van der Waals surface area contributed by atoms with Gasteiger partial charge in [-0.3, -0.25) is 14.5 Å². The van der Waals surface area contributed by atoms with Crippen LogP contribution < -0.4 is 14.8 Å². The van der Waals surface area contributed by atoms with Crippen molar-refractivity contribution in [3.8, 4) is 11.5 Å². The minimum atomic E-state index is -0.0386. The largest absolute Gasteiger partial charge is 0.493 e. The highest BCUT2D eigenvalue weighted by Gasteiger charge is 2.24. The second kappa shape index (κ2) is 10.8. The molecule has 1 aliphatic rings. The van der Waals surface area contributed by atoms with Gasteiger partial charge in [-0.25, -0.2) is 0 Å². The first-order chi connectivity index (χ1) is 15.0. The first-order valence-corrected chi connectivity index (χ1v) is 10.6. The molecule has 0 aliphatic carbocycles. The summed E-state index contributed by atoms with van der Waals surface area (Å²) in [6.07, 6.45) is 0.825. The van der Waals surface area contributed by atoms with Crippen LogP contribution in [-0.2, 0) is 11.2 Å². The van der Waals surface area contributed by atoms with Crippen LogP contribution >= 0.6 is 0 Å². The Morgan fingerprint density at radius 2 is 1.68 bits per heavy atom. The van der Waals surface area contributed by atoms with Crippen LogP contribution in [0.3, 0.4) is 0 Å². The van der Waals surface area contributed by atoms with E-state index in [-0.39, 0.29) is 11.8 Å². The topological polar surface area (TPSA) is 71.1 Å². The summed E-state index contributed by atoms with van der Waals surface area (Å²) in [5.41, 5.74) is 3.07. The second-order valence-corrected chi connectivity index (χ2v) is 7.66. The fraction of sp³-hybridized carbons (Fsp3) is 0.417. The third-order valence-corrected chi connectivity index (χ3v) is 5.63. The Bertz CT molecular complexity index is 907. The van der Waals surface area contributed by atoms with E-state index in [0.29, 0.717) is 56.3 Å². The minimum absolute atomic E-state index is 0.0215. The first-order valence-electron chi connectivity index (χ1n) is 10.6. The Labute approximate surface area is 183 Å². The van der Waals surface area contributed by atoms with E-state index in [4.69, 9.17) is 9.47 Å². The van der Waals surface area contributed by atoms with Crippen molar-refractivity contribution in [2.45, 2.75) is 13.3 Å². The molecule has 0 bridgehead atoms. The molecule has 166 valence electrons. The number of nitrogens with one attached hydrogen (secondary N) is 1. The summed E-state index contributed by atoms with van der Waals surface area (Å²) in [4.78, 5) is 29.0. The molecule has 1 N–H and O–H groups in total. The van der Waals surface area contributed by atoms with Gasteiger partial charge in [0.25, 0.3) is 5.91 Å². The minimum Gasteiger partial charge on any atom is -0.493 e. The van der Waals surface area contributed by atoms with Gasteiger partial charge in [0, 0.05) is 38.3 Å². The van der Waals surface area contributed by atoms with Crippen LogP contribution in [-0.4, -0.2) is 75.1 Å². The van der Waals surface area contributed by atoms with E-state index in [9.17, 15) is 9.59 Å². The Morgan fingerprint density at radius 1 is 0.968 bits per heavy atom. The van der Waals surface area contributed by atoms with Crippen molar-refractivity contribution in [3.05, 3.63) is 59.2 Å². The van der Waals surface area contributed by atoms with Crippen molar-refractivity contribution < 1.29 is 19.1 Å². The smallest absolute Gasteiger partial charge is 0.254 e. The maximum absolute atomic E-state index is 12.8. The summed E-state index contributed by atoms with van der Waals surface area (Å²) in [5.74, 6) is 1.11. The van der Waals surface area contributed by atoms with Gasteiger partial charge < -0.3 is 19.7 Å². The monoisotopic (exact) mass is 425 g/mol. The molecule has 7 nitrogen and oxygen atoms in total. The molecule has 2 aromatic rings. The third-order valence-electron chi connectivity index (χ3n) is 5.63. The lowest BCUT2D eigenvalue weighted by atomic mass is 10.1. The molecular formula is C24H31N3O4. The Morgan fingerprint density at radius 3 is 2.35 bits per heavy atom. The Balaban J connectivity index is 1.43. The van der Waals surface area contributed by atoms with Gasteiger partial charge in [0.15, 0.2) is 11.5 Å². The third kappa shape index (κ3) is 5.98. The molecule has 0 unspecified atom stereocenters. The molecule has 1 aliphatic heterocycles. The molecule has 31 heavy (non-hydrogen) atoms. The van der Waals surface area contributed by atoms with Crippen molar-refractivity contribution in [2.75, 3.05) is 53.5 Å². The van der Waals surface area contributed by atoms with Gasteiger partial charge in [-0.05, 0) is 42.7 Å². The quantitative estimate of drug-likeness (QED) is 0.702. The van der Waals surface area contributed by atoms with Gasteiger partial charge in [0.2, 0.25) is 5.91 Å². The molecule has 2 amide bonds. The number of methoxy groups -OCH3 is 2. The fourth-order valence-corrected chi connectivity index (χ4v) is 3.75. The van der Waals surface area contributed by atoms with Crippen LogP contribution in [0.15, 0.2) is 42.5 Å². The predicted octanol–water partition coefficient (Wildman–Crippen LogP) is 2.13. The molecule has 0 aromatic heterocycles. The number of piperazine rings is 1. The summed E-state index contributed by atoms with van der Waals surface area (Å²) in [7, 11) is 3.12. The van der Waals surface area contributed by atoms with E-state index in [1.807, 2.05) is 17.0 Å². The van der Waals surface area contributed by atoms with E-state index < -0.39 is 0 Å². The molecule has 0 saturated carbocycles. The highest BCUT2D eigenvalue weighted by atomic mass is 16.5. The molecule has 0 atom stereocenters. The summed E-state index contributed by atoms with van der Waals surface area (Å²) >= 11 is 0. The van der Waals surface area contributed by atoms with Gasteiger partial charge in [0.05, 0.1) is 20.8 Å². The number of ether oxygens (including phenoxy) is 2. The highest BCUT2D eigenvalue weighted by Crippen LogP contribution is 2.28. The first kappa shape index (κ1) is 22.6. The van der Waals surface area contributed by atoms with Crippen molar-refractivity contribution >= 4 is 11.8 Å². The molecular weight excluding hydrogens is 394 g/mol. The van der Waals surface area contributed by atoms with Crippen molar-refractivity contribution in [1.29, 1.82) is 0 Å². The lowest BCUT2D eigenvalue weighted by Gasteiger charge is -2.34. The summed E-state index contributed by atoms with van der Waals surface area (Å²) < 4.78 is 10.5. The zero-order valence-electron chi connectivity index (χ0n) is 18.5. The highest BCUT2D eigenvalue weighted by molar-refractivity contribution is 5.95. The average molecular weight is 426 g/mol. The SMILES string of the molecule is COc1ccc(C(=O)N2CCN(CC(=O)NCCc3ccccc3C)CC2)cc1OC. The van der Waals surface area contributed by atoms with Gasteiger partial charge in [0.1, 0.15) is 0 Å². The fourth-order valence-electron chi connectivity index (χ4n) is 3.75. The molecule has 0 radical (unpaired) electrons. The molecule has 1 fully saturated rings. The zero-order valence-corrected chi connectivity index (χ0v) is 18.5. The van der Waals surface area contributed by atoms with Crippen molar-refractivity contribution in [3.63, 3.8) is 0 Å². The van der Waals surface area contributed by atoms with Crippen LogP contribution in [0.25, 0.3) is 0 Å². The number of carbonyl (C=O) groups is 2. The molecule has 0 spiro atoms. The van der Waals surface area contributed by atoms with Crippen molar-refractivity contribution in [1.82, 2.24) is 15.1 Å². The van der Waals surface area contributed by atoms with E-state index >= 15 is 0 Å². The van der Waals surface area contributed by atoms with Crippen molar-refractivity contribution in [2.24, 2.45) is 0 Å². The van der Waals surface area contributed by atoms with Gasteiger partial charge in [-0.2, -0.15) is 0 Å². The van der Waals surface area contributed by atoms with Crippen LogP contribution in [0.4, 0.5) is 0 Å². The lowest BCUT2D eigenvalue weighted by molar-refractivity contribution is -0.122. The average Bonchev–Trinajstić information content (AvgIpc) is 2.80. The van der Waals surface area contributed by atoms with E-state index in [1.165, 1.54) is 11.1 Å². The number of amides is 2. The standard InChI is InChI=1S/C24H31N3O4/c1-18-6-4-5-7-19(18)10-11-25-23(28)17-26-12-14-27(15-13-26)24(29)20-8-9-21(30-2)22(16-20)31-3/h4-9,16H,10-15,17H2,1-3H3,(H,25,28). The Kier molecular flexibility index (Phi) is 7.89. The maximum Gasteiger partial charge on any atom is 0.254 e. The predicted molar refractivity (Wildman–Crippen MR) is 120 cm³/mol. The zero-order chi connectivity index (χ0) is 22.2. The van der Waals surface area contributed by atoms with E-state index in [1.54, 1.807) is 32.4 Å². The number of hydrogen-bond acceptors (Lipinski definition) is 5. The van der Waals surface area contributed by atoms with Crippen LogP contribution in [0, 0.1) is 6.92 Å². The summed E-state index contributed by atoms with van der Waals surface area (Å²) in [6.45, 7) is 5.58. The van der Waals surface area contributed by atoms with Gasteiger partial charge in [-0.1, -0.05) is 24.3 Å². The molecule has 3 rings (SSSR count). The number of rotatable bonds is 8. The maximum atomic E-state index is 12.8. The summed E-state index contributed by atoms with van der Waals surface area (Å²) in [6, 6.07) is 13.4. The Hall–Kier alpha value is -3.06. The molecule has 7 heteroatoms. The summed E-state index contributed by atoms with van der Waals surface area (Å²) in [5, 5.41) is 3.00. The number of carbonyl (C=O) groups excluding carboxylic acids is 2.